The van der Waals surface area contributed by atoms with Crippen molar-refractivity contribution in [3.05, 3.63) is 47.7 Å². The molecule has 37 heavy (non-hydrogen) atoms. The molecule has 0 spiro atoms. The second kappa shape index (κ2) is 10.7. The monoisotopic (exact) mass is 529 g/mol. The van der Waals surface area contributed by atoms with Crippen LogP contribution in [-0.2, 0) is 10.7 Å². The quantitative estimate of drug-likeness (QED) is 0.355. The summed E-state index contributed by atoms with van der Waals surface area (Å²) in [5.74, 6) is -5.79. The number of carboxylic acids is 1. The van der Waals surface area contributed by atoms with Crippen LogP contribution in [0.25, 0.3) is 0 Å². The number of nitrogens with zero attached hydrogens (tertiary/aromatic N) is 1. The maximum atomic E-state index is 14.1. The minimum atomic E-state index is -5.77. The number of rotatable bonds is 10. The molecule has 1 aromatic carbocycles. The number of hydrogen-bond donors (Lipinski definition) is 1. The van der Waals surface area contributed by atoms with E-state index in [0.717, 1.165) is 30.5 Å². The van der Waals surface area contributed by atoms with Gasteiger partial charge in [-0.15, -0.1) is 0 Å². The summed E-state index contributed by atoms with van der Waals surface area (Å²) in [5.41, 5.74) is -0.394. The Balaban J connectivity index is 1.39. The molecule has 0 radical (unpaired) electrons. The highest BCUT2D eigenvalue weighted by atomic mass is 19.4. The number of hydrogen-bond acceptors (Lipinski definition) is 5. The molecule has 11 heteroatoms. The number of aromatic nitrogens is 1. The molecular weight excluding hydrogens is 501 g/mol. The lowest BCUT2D eigenvalue weighted by molar-refractivity contribution is -0.289. The zero-order chi connectivity index (χ0) is 26.8. The number of benzene rings is 1. The van der Waals surface area contributed by atoms with E-state index in [2.05, 4.69) is 4.98 Å². The first kappa shape index (κ1) is 26.9. The van der Waals surface area contributed by atoms with Crippen molar-refractivity contribution in [2.45, 2.75) is 75.2 Å². The van der Waals surface area contributed by atoms with Crippen molar-refractivity contribution in [2.75, 3.05) is 7.11 Å². The minimum Gasteiger partial charge on any atom is -0.497 e. The van der Waals surface area contributed by atoms with E-state index >= 15 is 0 Å². The van der Waals surface area contributed by atoms with Gasteiger partial charge in [0.2, 0.25) is 5.88 Å². The lowest BCUT2D eigenvalue weighted by Crippen LogP contribution is -2.35. The first-order valence-electron chi connectivity index (χ1n) is 12.1. The SMILES string of the molecule is COc1ccc(C(F)(F)C(F)(F)F)c(O[C@H]2CC[C@H](Oc3cc(C(CC(=O)O)C4CC4)ccn3)CC2)c1. The van der Waals surface area contributed by atoms with Crippen LogP contribution in [0, 0.1) is 5.92 Å². The predicted molar refractivity (Wildman–Crippen MR) is 122 cm³/mol. The van der Waals surface area contributed by atoms with E-state index in [1.165, 1.54) is 7.11 Å². The fourth-order valence-electron chi connectivity index (χ4n) is 4.72. The highest BCUT2D eigenvalue weighted by Gasteiger charge is 2.60. The molecule has 2 aromatic rings. The van der Waals surface area contributed by atoms with Gasteiger partial charge in [0.15, 0.2) is 0 Å². The average molecular weight is 530 g/mol. The van der Waals surface area contributed by atoms with Crippen molar-refractivity contribution in [1.82, 2.24) is 4.98 Å². The second-order valence-electron chi connectivity index (χ2n) is 9.54. The normalized spacial score (nSPS) is 21.2. The summed E-state index contributed by atoms with van der Waals surface area (Å²) in [5, 5.41) is 9.25. The third kappa shape index (κ3) is 6.42. The van der Waals surface area contributed by atoms with Crippen molar-refractivity contribution in [1.29, 1.82) is 0 Å². The van der Waals surface area contributed by atoms with E-state index in [1.807, 2.05) is 0 Å². The van der Waals surface area contributed by atoms with Gasteiger partial charge in [-0.25, -0.2) is 4.98 Å². The van der Waals surface area contributed by atoms with Gasteiger partial charge in [0, 0.05) is 18.3 Å². The van der Waals surface area contributed by atoms with Crippen LogP contribution in [0.4, 0.5) is 22.0 Å². The fourth-order valence-corrected chi connectivity index (χ4v) is 4.72. The van der Waals surface area contributed by atoms with Crippen LogP contribution >= 0.6 is 0 Å². The standard InChI is InChI=1S/C26H28F5NO5/c1-35-19-8-9-21(25(27,28)26(29,30)31)22(13-19)36-17-4-6-18(7-5-17)37-23-12-16(10-11-32-23)20(14-24(33)34)15-2-3-15/h8-13,15,17-18,20H,2-7,14H2,1H3,(H,33,34)/t17-,18-,20?. The Hall–Kier alpha value is -3.11. The van der Waals surface area contributed by atoms with Gasteiger partial charge in [0.05, 0.1) is 25.2 Å². The van der Waals surface area contributed by atoms with E-state index < -0.39 is 35.5 Å². The van der Waals surface area contributed by atoms with Crippen LogP contribution < -0.4 is 14.2 Å². The highest BCUT2D eigenvalue weighted by molar-refractivity contribution is 5.68. The summed E-state index contributed by atoms with van der Waals surface area (Å²) in [7, 11) is 1.28. The fraction of sp³-hybridized carbons (Fsp3) is 0.538. The van der Waals surface area contributed by atoms with Gasteiger partial charge in [-0.1, -0.05) is 0 Å². The molecule has 0 amide bonds. The summed E-state index contributed by atoms with van der Waals surface area (Å²) >= 11 is 0. The van der Waals surface area contributed by atoms with Crippen molar-refractivity contribution in [2.24, 2.45) is 5.92 Å². The predicted octanol–water partition coefficient (Wildman–Crippen LogP) is 6.48. The average Bonchev–Trinajstić information content (AvgIpc) is 3.68. The van der Waals surface area contributed by atoms with Crippen molar-refractivity contribution < 1.29 is 46.1 Å². The molecule has 2 fully saturated rings. The largest absolute Gasteiger partial charge is 0.497 e. The van der Waals surface area contributed by atoms with E-state index in [1.54, 1.807) is 18.3 Å². The number of carbonyl (C=O) groups is 1. The van der Waals surface area contributed by atoms with Crippen molar-refractivity contribution in [3.63, 3.8) is 0 Å². The van der Waals surface area contributed by atoms with Crippen molar-refractivity contribution in [3.8, 4) is 17.4 Å². The third-order valence-corrected chi connectivity index (χ3v) is 6.86. The zero-order valence-electron chi connectivity index (χ0n) is 20.1. The molecule has 6 nitrogen and oxygen atoms in total. The number of pyridine rings is 1. The van der Waals surface area contributed by atoms with Gasteiger partial charge in [-0.2, -0.15) is 22.0 Å². The minimum absolute atomic E-state index is 0.0379. The van der Waals surface area contributed by atoms with Crippen molar-refractivity contribution >= 4 is 5.97 Å². The Labute approximate surface area is 210 Å². The van der Waals surface area contributed by atoms with Gasteiger partial charge in [0.1, 0.15) is 17.6 Å². The summed E-state index contributed by atoms with van der Waals surface area (Å²) in [6.07, 6.45) is -1.28. The Morgan fingerprint density at radius 3 is 2.22 bits per heavy atom. The van der Waals surface area contributed by atoms with E-state index in [9.17, 15) is 31.9 Å². The van der Waals surface area contributed by atoms with Gasteiger partial charge in [-0.05, 0) is 74.1 Å². The summed E-state index contributed by atoms with van der Waals surface area (Å²) < 4.78 is 83.9. The Kier molecular flexibility index (Phi) is 7.80. The highest BCUT2D eigenvalue weighted by Crippen LogP contribution is 2.48. The molecule has 1 atom stereocenters. The number of ether oxygens (including phenoxy) is 3. The first-order chi connectivity index (χ1) is 17.5. The van der Waals surface area contributed by atoms with E-state index in [0.29, 0.717) is 43.5 Å². The molecule has 1 N–H and O–H groups in total. The Morgan fingerprint density at radius 1 is 1.00 bits per heavy atom. The molecule has 4 rings (SSSR count). The number of methoxy groups -OCH3 is 1. The number of halogens is 5. The lowest BCUT2D eigenvalue weighted by Gasteiger charge is -2.31. The van der Waals surface area contributed by atoms with Crippen LogP contribution in [0.5, 0.6) is 17.4 Å². The molecule has 2 saturated carbocycles. The maximum absolute atomic E-state index is 14.1. The summed E-state index contributed by atoms with van der Waals surface area (Å²) in [6.45, 7) is 0. The topological polar surface area (TPSA) is 77.9 Å². The third-order valence-electron chi connectivity index (χ3n) is 6.86. The molecule has 1 aromatic heterocycles. The molecule has 0 saturated heterocycles. The molecule has 1 heterocycles. The van der Waals surface area contributed by atoms with Gasteiger partial charge < -0.3 is 19.3 Å². The smallest absolute Gasteiger partial charge is 0.458 e. The Morgan fingerprint density at radius 2 is 1.65 bits per heavy atom. The number of carboxylic acid groups (broad SMARTS) is 1. The van der Waals surface area contributed by atoms with Crippen LogP contribution in [-0.4, -0.2) is 41.6 Å². The second-order valence-corrected chi connectivity index (χ2v) is 9.54. The summed E-state index contributed by atoms with van der Waals surface area (Å²) in [4.78, 5) is 15.5. The number of alkyl halides is 5. The lowest BCUT2D eigenvalue weighted by atomic mass is 9.91. The maximum Gasteiger partial charge on any atom is 0.458 e. The van der Waals surface area contributed by atoms with Crippen LogP contribution in [0.1, 0.15) is 62.0 Å². The molecule has 2 aliphatic carbocycles. The van der Waals surface area contributed by atoms with Crippen LogP contribution in [0.15, 0.2) is 36.5 Å². The summed E-state index contributed by atoms with van der Waals surface area (Å²) in [6, 6.07) is 6.31. The van der Waals surface area contributed by atoms with Crippen LogP contribution in [0.2, 0.25) is 0 Å². The first-order valence-corrected chi connectivity index (χ1v) is 12.1. The molecule has 0 aliphatic heterocycles. The Bertz CT molecular complexity index is 1100. The van der Waals surface area contributed by atoms with E-state index in [-0.39, 0.29) is 24.2 Å². The van der Waals surface area contributed by atoms with Gasteiger partial charge in [-0.3, -0.25) is 4.79 Å². The van der Waals surface area contributed by atoms with E-state index in [4.69, 9.17) is 14.2 Å². The number of aliphatic carboxylic acids is 1. The zero-order valence-corrected chi connectivity index (χ0v) is 20.1. The van der Waals surface area contributed by atoms with Crippen LogP contribution in [0.3, 0.4) is 0 Å². The molecular formula is C26H28F5NO5. The molecule has 1 unspecified atom stereocenters. The molecule has 2 aliphatic rings. The van der Waals surface area contributed by atoms with Gasteiger partial charge in [0.25, 0.3) is 0 Å². The molecule has 0 bridgehead atoms. The van der Waals surface area contributed by atoms with Gasteiger partial charge >= 0.3 is 18.1 Å². The molecule has 202 valence electrons.